The first kappa shape index (κ1) is 18.1. The van der Waals surface area contributed by atoms with Crippen LogP contribution in [0.15, 0.2) is 65.8 Å². The molecular formula is C21H18N2O4. The zero-order valence-corrected chi connectivity index (χ0v) is 14.9. The number of esters is 1. The summed E-state index contributed by atoms with van der Waals surface area (Å²) in [6.07, 6.45) is 3.51. The summed E-state index contributed by atoms with van der Waals surface area (Å²) in [5.41, 5.74) is 3.57. The monoisotopic (exact) mass is 362 g/mol. The van der Waals surface area contributed by atoms with Gasteiger partial charge in [-0.1, -0.05) is 12.1 Å². The van der Waals surface area contributed by atoms with E-state index in [0.29, 0.717) is 11.3 Å². The highest BCUT2D eigenvalue weighted by Gasteiger charge is 2.11. The molecule has 0 spiro atoms. The number of carboxylic acid groups (broad SMARTS) is 1. The molecule has 6 heteroatoms. The number of nitrogens with zero attached hydrogens (tertiary/aromatic N) is 2. The minimum absolute atomic E-state index is 0.214. The lowest BCUT2D eigenvalue weighted by Crippen LogP contribution is -2.03. The molecule has 0 fully saturated rings. The maximum absolute atomic E-state index is 11.8. The van der Waals surface area contributed by atoms with Crippen molar-refractivity contribution in [1.29, 1.82) is 0 Å². The molecule has 3 aromatic rings. The number of benzene rings is 2. The second-order valence-electron chi connectivity index (χ2n) is 5.86. The van der Waals surface area contributed by atoms with E-state index >= 15 is 0 Å². The average molecular weight is 362 g/mol. The Hall–Kier alpha value is -3.67. The molecule has 0 aliphatic carbocycles. The van der Waals surface area contributed by atoms with Crippen LogP contribution in [0, 0.1) is 6.92 Å². The van der Waals surface area contributed by atoms with Gasteiger partial charge in [-0.25, -0.2) is 9.59 Å². The summed E-state index contributed by atoms with van der Waals surface area (Å²) < 4.78 is 6.63. The first-order valence-electron chi connectivity index (χ1n) is 8.24. The highest BCUT2D eigenvalue weighted by molar-refractivity contribution is 5.93. The smallest absolute Gasteiger partial charge is 0.338 e. The van der Waals surface area contributed by atoms with Crippen molar-refractivity contribution in [3.05, 3.63) is 83.2 Å². The minimum atomic E-state index is -0.977. The number of rotatable bonds is 5. The van der Waals surface area contributed by atoms with Crippen molar-refractivity contribution in [1.82, 2.24) is 4.57 Å². The molecule has 2 aromatic carbocycles. The van der Waals surface area contributed by atoms with Gasteiger partial charge in [-0.3, -0.25) is 4.99 Å². The molecule has 0 aliphatic heterocycles. The topological polar surface area (TPSA) is 80.9 Å². The number of hydrogen-bond acceptors (Lipinski definition) is 4. The number of hydrogen-bond donors (Lipinski definition) is 1. The predicted molar refractivity (Wildman–Crippen MR) is 103 cm³/mol. The van der Waals surface area contributed by atoms with Crippen LogP contribution in [0.4, 0.5) is 5.69 Å². The number of aliphatic imine (C=N–C) groups is 1. The van der Waals surface area contributed by atoms with Crippen LogP contribution in [0.3, 0.4) is 0 Å². The lowest BCUT2D eigenvalue weighted by atomic mass is 10.1. The van der Waals surface area contributed by atoms with Gasteiger partial charge in [0, 0.05) is 11.9 Å². The van der Waals surface area contributed by atoms with E-state index in [9.17, 15) is 14.7 Å². The van der Waals surface area contributed by atoms with Crippen LogP contribution in [0.25, 0.3) is 5.69 Å². The molecule has 0 saturated carbocycles. The van der Waals surface area contributed by atoms with Gasteiger partial charge in [0.1, 0.15) is 0 Å². The SMILES string of the molecule is COC(=O)c1cccc(N=Cc2cccn2-c2cccc(C(=O)O)c2)c1C. The normalized spacial score (nSPS) is 10.9. The molecule has 6 nitrogen and oxygen atoms in total. The Morgan fingerprint density at radius 2 is 1.89 bits per heavy atom. The Labute approximate surface area is 156 Å². The fraction of sp³-hybridized carbons (Fsp3) is 0.0952. The number of aromatic carboxylic acids is 1. The Morgan fingerprint density at radius 3 is 2.63 bits per heavy atom. The van der Waals surface area contributed by atoms with Gasteiger partial charge >= 0.3 is 11.9 Å². The third-order valence-corrected chi connectivity index (χ3v) is 4.20. The van der Waals surface area contributed by atoms with Crippen LogP contribution in [0.5, 0.6) is 0 Å². The van der Waals surface area contributed by atoms with E-state index < -0.39 is 11.9 Å². The standard InChI is InChI=1S/C21H18N2O4/c1-14-18(21(26)27-2)9-4-10-19(14)22-13-17-8-5-11-23(17)16-7-3-6-15(12-16)20(24)25/h3-13H,1-2H3,(H,24,25). The molecule has 0 radical (unpaired) electrons. The summed E-state index contributed by atoms with van der Waals surface area (Å²) in [5, 5.41) is 9.18. The van der Waals surface area contributed by atoms with E-state index in [0.717, 1.165) is 16.9 Å². The summed E-state index contributed by atoms with van der Waals surface area (Å²) >= 11 is 0. The summed E-state index contributed by atoms with van der Waals surface area (Å²) in [7, 11) is 1.34. The van der Waals surface area contributed by atoms with E-state index in [-0.39, 0.29) is 5.56 Å². The summed E-state index contributed by atoms with van der Waals surface area (Å²) in [6.45, 7) is 1.81. The highest BCUT2D eigenvalue weighted by Crippen LogP contribution is 2.23. The number of carboxylic acids is 1. The minimum Gasteiger partial charge on any atom is -0.478 e. The summed E-state index contributed by atoms with van der Waals surface area (Å²) in [5.74, 6) is -1.38. The third-order valence-electron chi connectivity index (χ3n) is 4.20. The van der Waals surface area contributed by atoms with Gasteiger partial charge in [0.15, 0.2) is 0 Å². The summed E-state index contributed by atoms with van der Waals surface area (Å²) in [6, 6.07) is 15.7. The van der Waals surface area contributed by atoms with Crippen molar-refractivity contribution in [3.63, 3.8) is 0 Å². The van der Waals surface area contributed by atoms with Gasteiger partial charge in [0.2, 0.25) is 0 Å². The van der Waals surface area contributed by atoms with Crippen molar-refractivity contribution in [2.75, 3.05) is 7.11 Å². The van der Waals surface area contributed by atoms with Gasteiger partial charge in [-0.15, -0.1) is 0 Å². The third kappa shape index (κ3) is 3.79. The molecule has 0 aliphatic rings. The molecule has 1 aromatic heterocycles. The van der Waals surface area contributed by atoms with Crippen molar-refractivity contribution < 1.29 is 19.4 Å². The molecule has 27 heavy (non-hydrogen) atoms. The van der Waals surface area contributed by atoms with Crippen LogP contribution in [-0.4, -0.2) is 34.9 Å². The zero-order chi connectivity index (χ0) is 19.4. The second kappa shape index (κ2) is 7.70. The Balaban J connectivity index is 1.95. The Kier molecular flexibility index (Phi) is 5.17. The van der Waals surface area contributed by atoms with E-state index in [1.165, 1.54) is 7.11 Å². The number of carbonyl (C=O) groups excluding carboxylic acids is 1. The van der Waals surface area contributed by atoms with Crippen LogP contribution in [0.1, 0.15) is 32.0 Å². The number of methoxy groups -OCH3 is 1. The molecule has 136 valence electrons. The van der Waals surface area contributed by atoms with Crippen LogP contribution >= 0.6 is 0 Å². The maximum atomic E-state index is 11.8. The lowest BCUT2D eigenvalue weighted by molar-refractivity contribution is 0.0599. The molecular weight excluding hydrogens is 344 g/mol. The fourth-order valence-corrected chi connectivity index (χ4v) is 2.75. The number of ether oxygens (including phenoxy) is 1. The first-order valence-corrected chi connectivity index (χ1v) is 8.24. The predicted octanol–water partition coefficient (Wildman–Crippen LogP) is 4.02. The molecule has 1 heterocycles. The van der Waals surface area contributed by atoms with Gasteiger partial charge in [-0.2, -0.15) is 0 Å². The van der Waals surface area contributed by atoms with Crippen molar-refractivity contribution in [2.45, 2.75) is 6.92 Å². The van der Waals surface area contributed by atoms with Crippen LogP contribution in [-0.2, 0) is 4.74 Å². The molecule has 0 saturated heterocycles. The van der Waals surface area contributed by atoms with Gasteiger partial charge < -0.3 is 14.4 Å². The van der Waals surface area contributed by atoms with Crippen molar-refractivity contribution in [3.8, 4) is 5.69 Å². The van der Waals surface area contributed by atoms with Crippen LogP contribution < -0.4 is 0 Å². The molecule has 0 unspecified atom stereocenters. The van der Waals surface area contributed by atoms with Gasteiger partial charge in [-0.05, 0) is 55.0 Å². The van der Waals surface area contributed by atoms with Crippen molar-refractivity contribution in [2.24, 2.45) is 4.99 Å². The van der Waals surface area contributed by atoms with Gasteiger partial charge in [0.25, 0.3) is 0 Å². The zero-order valence-electron chi connectivity index (χ0n) is 14.9. The Morgan fingerprint density at radius 1 is 1.11 bits per heavy atom. The van der Waals surface area contributed by atoms with Crippen LogP contribution in [0.2, 0.25) is 0 Å². The molecule has 0 amide bonds. The summed E-state index contributed by atoms with van der Waals surface area (Å²) in [4.78, 5) is 27.5. The fourth-order valence-electron chi connectivity index (χ4n) is 2.75. The molecule has 1 N–H and O–H groups in total. The quantitative estimate of drug-likeness (QED) is 0.549. The molecule has 3 rings (SSSR count). The second-order valence-corrected chi connectivity index (χ2v) is 5.86. The number of aromatic nitrogens is 1. The van der Waals surface area contributed by atoms with Gasteiger partial charge in [0.05, 0.1) is 35.8 Å². The van der Waals surface area contributed by atoms with E-state index in [2.05, 4.69) is 4.99 Å². The average Bonchev–Trinajstić information content (AvgIpc) is 3.15. The largest absolute Gasteiger partial charge is 0.478 e. The first-order chi connectivity index (χ1) is 13.0. The highest BCUT2D eigenvalue weighted by atomic mass is 16.5. The molecule has 0 atom stereocenters. The lowest BCUT2D eigenvalue weighted by Gasteiger charge is -2.08. The van der Waals surface area contributed by atoms with E-state index in [1.54, 1.807) is 36.5 Å². The maximum Gasteiger partial charge on any atom is 0.338 e. The Bertz CT molecular complexity index is 1030. The van der Waals surface area contributed by atoms with E-state index in [4.69, 9.17) is 4.74 Å². The van der Waals surface area contributed by atoms with Crippen molar-refractivity contribution >= 4 is 23.8 Å². The van der Waals surface area contributed by atoms with E-state index in [1.807, 2.05) is 42.0 Å². The number of carbonyl (C=O) groups is 2. The molecule has 0 bridgehead atoms.